The van der Waals surface area contributed by atoms with E-state index < -0.39 is 15.9 Å². The van der Waals surface area contributed by atoms with Gasteiger partial charge in [-0.1, -0.05) is 41.9 Å². The number of nitrogens with zero attached hydrogens (tertiary/aromatic N) is 3. The highest BCUT2D eigenvalue weighted by Crippen LogP contribution is 2.23. The van der Waals surface area contributed by atoms with Crippen LogP contribution in [0, 0.1) is 6.92 Å². The number of anilines is 2. The van der Waals surface area contributed by atoms with Crippen molar-refractivity contribution in [2.75, 3.05) is 15.9 Å². The van der Waals surface area contributed by atoms with E-state index in [2.05, 4.69) is 5.32 Å². The van der Waals surface area contributed by atoms with E-state index in [1.54, 1.807) is 55.1 Å². The van der Waals surface area contributed by atoms with Gasteiger partial charge in [0.2, 0.25) is 10.0 Å². The molecule has 3 aromatic carbocycles. The smallest absolute Gasteiger partial charge is 0.295 e. The molecule has 0 atom stereocenters. The lowest BCUT2D eigenvalue weighted by atomic mass is 10.1. The van der Waals surface area contributed by atoms with Crippen molar-refractivity contribution in [2.45, 2.75) is 13.5 Å². The Morgan fingerprint density at radius 1 is 0.972 bits per heavy atom. The molecule has 4 rings (SSSR count). The summed E-state index contributed by atoms with van der Waals surface area (Å²) in [5.41, 5.74) is 2.56. The van der Waals surface area contributed by atoms with Crippen molar-refractivity contribution in [3.8, 4) is 5.69 Å². The number of halogens is 1. The van der Waals surface area contributed by atoms with Crippen LogP contribution in [0.1, 0.15) is 21.6 Å². The molecule has 8 nitrogen and oxygen atoms in total. The number of carbonyl (C=O) groups is 1. The zero-order chi connectivity index (χ0) is 26.0. The van der Waals surface area contributed by atoms with Gasteiger partial charge in [-0.2, -0.15) is 0 Å². The number of hydrogen-bond donors (Lipinski definition) is 1. The van der Waals surface area contributed by atoms with E-state index in [9.17, 15) is 18.0 Å². The first-order valence-electron chi connectivity index (χ1n) is 11.0. The normalized spacial score (nSPS) is 11.3. The van der Waals surface area contributed by atoms with Crippen molar-refractivity contribution in [2.24, 2.45) is 7.05 Å². The van der Waals surface area contributed by atoms with Crippen LogP contribution in [-0.4, -0.2) is 29.9 Å². The number of amides is 1. The van der Waals surface area contributed by atoms with E-state index in [-0.39, 0.29) is 23.4 Å². The van der Waals surface area contributed by atoms with Crippen LogP contribution in [0.2, 0.25) is 5.02 Å². The molecule has 0 aliphatic heterocycles. The molecule has 0 radical (unpaired) electrons. The largest absolute Gasteiger partial charge is 0.316 e. The highest BCUT2D eigenvalue weighted by molar-refractivity contribution is 7.92. The molecule has 0 aliphatic rings. The van der Waals surface area contributed by atoms with E-state index in [1.807, 2.05) is 30.3 Å². The first kappa shape index (κ1) is 25.3. The number of benzene rings is 3. The zero-order valence-electron chi connectivity index (χ0n) is 20.0. The third-order valence-corrected chi connectivity index (χ3v) is 7.24. The predicted molar refractivity (Wildman–Crippen MR) is 143 cm³/mol. The summed E-state index contributed by atoms with van der Waals surface area (Å²) in [6.45, 7) is 1.87. The van der Waals surface area contributed by atoms with Crippen molar-refractivity contribution in [1.82, 2.24) is 9.36 Å². The molecule has 10 heteroatoms. The second-order valence-electron chi connectivity index (χ2n) is 8.33. The molecule has 0 bridgehead atoms. The number of rotatable bonds is 7. The molecule has 36 heavy (non-hydrogen) atoms. The Morgan fingerprint density at radius 3 is 2.17 bits per heavy atom. The number of nitrogens with one attached hydrogen (secondary N) is 1. The van der Waals surface area contributed by atoms with E-state index in [0.29, 0.717) is 22.1 Å². The molecule has 1 aromatic heterocycles. The lowest BCUT2D eigenvalue weighted by Crippen LogP contribution is -2.29. The second-order valence-corrected chi connectivity index (χ2v) is 10.7. The summed E-state index contributed by atoms with van der Waals surface area (Å²) < 4.78 is 29.3. The van der Waals surface area contributed by atoms with Crippen LogP contribution in [0.3, 0.4) is 0 Å². The monoisotopic (exact) mass is 524 g/mol. The lowest BCUT2D eigenvalue weighted by Gasteiger charge is -2.22. The fraction of sp³-hybridized carbons (Fsp3) is 0.154. The highest BCUT2D eigenvalue weighted by atomic mass is 35.5. The summed E-state index contributed by atoms with van der Waals surface area (Å²) in [5.74, 6) is -0.476. The number of carbonyl (C=O) groups excluding carboxylic acids is 1. The SMILES string of the molecule is Cc1c(NC(=O)c2ccc(N(Cc3ccc(Cl)cc3)S(C)(=O)=O)cc2)c(=O)n(-c2ccccc2)n1C. The summed E-state index contributed by atoms with van der Waals surface area (Å²) in [7, 11) is -1.85. The molecule has 4 aromatic rings. The van der Waals surface area contributed by atoms with Crippen LogP contribution in [-0.2, 0) is 23.6 Å². The van der Waals surface area contributed by atoms with Crippen molar-refractivity contribution >= 4 is 38.9 Å². The van der Waals surface area contributed by atoms with Gasteiger partial charge >= 0.3 is 0 Å². The van der Waals surface area contributed by atoms with Crippen molar-refractivity contribution in [3.63, 3.8) is 0 Å². The summed E-state index contributed by atoms with van der Waals surface area (Å²) in [6.07, 6.45) is 1.12. The van der Waals surface area contributed by atoms with Gasteiger partial charge in [-0.25, -0.2) is 13.1 Å². The fourth-order valence-electron chi connectivity index (χ4n) is 3.83. The van der Waals surface area contributed by atoms with Gasteiger partial charge in [0.15, 0.2) is 0 Å². The van der Waals surface area contributed by atoms with Gasteiger partial charge in [0.05, 0.1) is 29.9 Å². The summed E-state index contributed by atoms with van der Waals surface area (Å²) in [6, 6.07) is 22.2. The van der Waals surface area contributed by atoms with Crippen LogP contribution < -0.4 is 15.2 Å². The number of hydrogen-bond acceptors (Lipinski definition) is 4. The van der Waals surface area contributed by atoms with Crippen molar-refractivity contribution in [1.29, 1.82) is 0 Å². The topological polar surface area (TPSA) is 93.4 Å². The second kappa shape index (κ2) is 10.0. The van der Waals surface area contributed by atoms with E-state index in [4.69, 9.17) is 11.6 Å². The van der Waals surface area contributed by atoms with Gasteiger partial charge in [-0.05, 0) is 61.0 Å². The Hall–Kier alpha value is -3.82. The average Bonchev–Trinajstić information content (AvgIpc) is 3.06. The average molecular weight is 525 g/mol. The first-order valence-corrected chi connectivity index (χ1v) is 13.3. The Balaban J connectivity index is 1.58. The quantitative estimate of drug-likeness (QED) is 0.389. The number of aromatic nitrogens is 2. The minimum absolute atomic E-state index is 0.115. The Kier molecular flexibility index (Phi) is 7.05. The number of para-hydroxylation sites is 1. The molecular formula is C26H25ClN4O4S. The molecule has 1 N–H and O–H groups in total. The Morgan fingerprint density at radius 2 is 1.58 bits per heavy atom. The standard InChI is InChI=1S/C26H25ClN4O4S/c1-18-24(26(33)31(29(18)2)23-7-5-4-6-8-23)28-25(32)20-11-15-22(16-12-20)30(36(3,34)35)17-19-9-13-21(27)14-10-19/h4-16H,17H2,1-3H3,(H,28,32). The maximum Gasteiger partial charge on any atom is 0.295 e. The van der Waals surface area contributed by atoms with Crippen molar-refractivity contribution in [3.05, 3.63) is 111 Å². The molecule has 1 amide bonds. The van der Waals surface area contributed by atoms with Gasteiger partial charge in [-0.15, -0.1) is 0 Å². The van der Waals surface area contributed by atoms with Gasteiger partial charge in [0.1, 0.15) is 5.69 Å². The first-order chi connectivity index (χ1) is 17.1. The van der Waals surface area contributed by atoms with E-state index in [0.717, 1.165) is 11.8 Å². The molecule has 0 fully saturated rings. The molecule has 186 valence electrons. The van der Waals surface area contributed by atoms with Crippen LogP contribution in [0.15, 0.2) is 83.7 Å². The zero-order valence-corrected chi connectivity index (χ0v) is 21.5. The van der Waals surface area contributed by atoms with Crippen molar-refractivity contribution < 1.29 is 13.2 Å². The molecule has 1 heterocycles. The predicted octanol–water partition coefficient (Wildman–Crippen LogP) is 4.36. The van der Waals surface area contributed by atoms with Crippen LogP contribution in [0.25, 0.3) is 5.69 Å². The highest BCUT2D eigenvalue weighted by Gasteiger charge is 2.21. The maximum absolute atomic E-state index is 13.1. The van der Waals surface area contributed by atoms with Gasteiger partial charge in [0.25, 0.3) is 11.5 Å². The maximum atomic E-state index is 13.1. The molecule has 0 aliphatic carbocycles. The molecule has 0 unspecified atom stereocenters. The van der Waals surface area contributed by atoms with Crippen LogP contribution >= 0.6 is 11.6 Å². The summed E-state index contributed by atoms with van der Waals surface area (Å²) >= 11 is 5.93. The van der Waals surface area contributed by atoms with Gasteiger partial charge in [-0.3, -0.25) is 18.6 Å². The molecule has 0 spiro atoms. The molecular weight excluding hydrogens is 500 g/mol. The minimum atomic E-state index is -3.59. The van der Waals surface area contributed by atoms with Gasteiger partial charge in [0, 0.05) is 17.6 Å². The third-order valence-electron chi connectivity index (χ3n) is 5.85. The summed E-state index contributed by atoms with van der Waals surface area (Å²) in [4.78, 5) is 26.0. The third kappa shape index (κ3) is 5.22. The molecule has 0 saturated carbocycles. The molecule has 0 saturated heterocycles. The van der Waals surface area contributed by atoms with Gasteiger partial charge < -0.3 is 5.32 Å². The Labute approximate surface area is 214 Å². The van der Waals surface area contributed by atoms with Crippen LogP contribution in [0.5, 0.6) is 0 Å². The van der Waals surface area contributed by atoms with E-state index in [1.165, 1.54) is 21.1 Å². The number of sulfonamides is 1. The minimum Gasteiger partial charge on any atom is -0.316 e. The summed E-state index contributed by atoms with van der Waals surface area (Å²) in [5, 5.41) is 3.27. The fourth-order valence-corrected chi connectivity index (χ4v) is 4.85. The van der Waals surface area contributed by atoms with E-state index >= 15 is 0 Å². The lowest BCUT2D eigenvalue weighted by molar-refractivity contribution is 0.102. The van der Waals surface area contributed by atoms with Crippen LogP contribution in [0.4, 0.5) is 11.4 Å². The Bertz CT molecular complexity index is 1560.